The van der Waals surface area contributed by atoms with E-state index in [4.69, 9.17) is 0 Å². The van der Waals surface area contributed by atoms with Crippen molar-refractivity contribution in [1.29, 1.82) is 0 Å². The molecule has 0 rings (SSSR count). The van der Waals surface area contributed by atoms with Crippen LogP contribution in [0.4, 0.5) is 0 Å². The van der Waals surface area contributed by atoms with Gasteiger partial charge in [0.1, 0.15) is 0 Å². The lowest BCUT2D eigenvalue weighted by molar-refractivity contribution is -0.122. The average Bonchev–Trinajstić information content (AvgIpc) is 2.38. The average molecular weight is 270 g/mol. The van der Waals surface area contributed by atoms with Gasteiger partial charge in [-0.3, -0.25) is 4.79 Å². The van der Waals surface area contributed by atoms with E-state index in [1.54, 1.807) is 0 Å². The normalized spacial score (nSPS) is 14.4. The van der Waals surface area contributed by atoms with Crippen LogP contribution >= 0.6 is 0 Å². The standard InChI is InChI=1S/C16H34N2O/c1-6-8-9-15(7-2)12-18-14(5)16(19)17-11-10-13(3)4/h13-15,18H,6-12H2,1-5H3,(H,17,19). The summed E-state index contributed by atoms with van der Waals surface area (Å²) in [6, 6.07) is -0.0807. The zero-order valence-corrected chi connectivity index (χ0v) is 13.6. The highest BCUT2D eigenvalue weighted by atomic mass is 16.2. The third kappa shape index (κ3) is 9.94. The zero-order valence-electron chi connectivity index (χ0n) is 13.6. The Labute approximate surface area is 119 Å². The maximum atomic E-state index is 11.9. The lowest BCUT2D eigenvalue weighted by Gasteiger charge is -2.19. The molecule has 0 bridgehead atoms. The summed E-state index contributed by atoms with van der Waals surface area (Å²) >= 11 is 0. The molecule has 2 unspecified atom stereocenters. The minimum Gasteiger partial charge on any atom is -0.355 e. The number of hydrogen-bond donors (Lipinski definition) is 2. The number of unbranched alkanes of at least 4 members (excludes halogenated alkanes) is 1. The maximum absolute atomic E-state index is 11.9. The monoisotopic (exact) mass is 270 g/mol. The molecule has 3 nitrogen and oxygen atoms in total. The fraction of sp³-hybridized carbons (Fsp3) is 0.938. The summed E-state index contributed by atoms with van der Waals surface area (Å²) in [7, 11) is 0. The van der Waals surface area contributed by atoms with Gasteiger partial charge in [-0.1, -0.05) is 47.0 Å². The summed E-state index contributed by atoms with van der Waals surface area (Å²) in [6.07, 6.45) is 6.04. The number of nitrogens with one attached hydrogen (secondary N) is 2. The van der Waals surface area contributed by atoms with Crippen molar-refractivity contribution in [3.05, 3.63) is 0 Å². The summed E-state index contributed by atoms with van der Waals surface area (Å²) in [5.41, 5.74) is 0. The van der Waals surface area contributed by atoms with Crippen LogP contribution in [0.5, 0.6) is 0 Å². The van der Waals surface area contributed by atoms with Crippen molar-refractivity contribution in [2.75, 3.05) is 13.1 Å². The SMILES string of the molecule is CCCCC(CC)CNC(C)C(=O)NCCC(C)C. The van der Waals surface area contributed by atoms with Crippen LogP contribution in [-0.2, 0) is 4.79 Å². The molecule has 3 heteroatoms. The van der Waals surface area contributed by atoms with Crippen molar-refractivity contribution in [1.82, 2.24) is 10.6 Å². The third-order valence-corrected chi connectivity index (χ3v) is 3.67. The molecule has 0 aromatic rings. The Bertz CT molecular complexity index is 229. The van der Waals surface area contributed by atoms with Crippen molar-refractivity contribution in [3.63, 3.8) is 0 Å². The molecule has 0 saturated carbocycles. The van der Waals surface area contributed by atoms with Crippen LogP contribution in [0.15, 0.2) is 0 Å². The summed E-state index contributed by atoms with van der Waals surface area (Å²) in [4.78, 5) is 11.9. The molecule has 0 spiro atoms. The molecule has 0 radical (unpaired) electrons. The number of carbonyl (C=O) groups is 1. The predicted octanol–water partition coefficient (Wildman–Crippen LogP) is 3.34. The Morgan fingerprint density at radius 1 is 1.11 bits per heavy atom. The van der Waals surface area contributed by atoms with E-state index in [-0.39, 0.29) is 11.9 Å². The summed E-state index contributed by atoms with van der Waals surface area (Å²) in [5, 5.41) is 6.37. The quantitative estimate of drug-likeness (QED) is 0.604. The molecule has 0 aliphatic heterocycles. The molecule has 1 amide bonds. The van der Waals surface area contributed by atoms with Gasteiger partial charge in [-0.2, -0.15) is 0 Å². The van der Waals surface area contributed by atoms with Crippen LogP contribution in [0.3, 0.4) is 0 Å². The van der Waals surface area contributed by atoms with Gasteiger partial charge in [-0.25, -0.2) is 0 Å². The van der Waals surface area contributed by atoms with Crippen LogP contribution in [0, 0.1) is 11.8 Å². The van der Waals surface area contributed by atoms with Crippen LogP contribution in [0.1, 0.15) is 66.7 Å². The first kappa shape index (κ1) is 18.4. The van der Waals surface area contributed by atoms with E-state index < -0.39 is 0 Å². The van der Waals surface area contributed by atoms with E-state index in [1.807, 2.05) is 6.92 Å². The highest BCUT2D eigenvalue weighted by molar-refractivity contribution is 5.81. The Morgan fingerprint density at radius 3 is 2.32 bits per heavy atom. The molecule has 19 heavy (non-hydrogen) atoms. The highest BCUT2D eigenvalue weighted by Crippen LogP contribution is 2.11. The molecule has 0 aromatic carbocycles. The van der Waals surface area contributed by atoms with Crippen molar-refractivity contribution in [2.24, 2.45) is 11.8 Å². The lowest BCUT2D eigenvalue weighted by atomic mass is 9.99. The zero-order chi connectivity index (χ0) is 14.7. The first-order valence-corrected chi connectivity index (χ1v) is 8.02. The van der Waals surface area contributed by atoms with E-state index in [9.17, 15) is 4.79 Å². The first-order valence-electron chi connectivity index (χ1n) is 8.02. The summed E-state index contributed by atoms with van der Waals surface area (Å²) in [6.45, 7) is 12.5. The van der Waals surface area contributed by atoms with Crippen LogP contribution < -0.4 is 10.6 Å². The Morgan fingerprint density at radius 2 is 1.79 bits per heavy atom. The first-order chi connectivity index (χ1) is 9.01. The molecular formula is C16H34N2O. The van der Waals surface area contributed by atoms with Gasteiger partial charge in [0, 0.05) is 6.54 Å². The Kier molecular flexibility index (Phi) is 10.9. The number of rotatable bonds is 11. The molecule has 114 valence electrons. The van der Waals surface area contributed by atoms with E-state index >= 15 is 0 Å². The third-order valence-electron chi connectivity index (χ3n) is 3.67. The van der Waals surface area contributed by atoms with Gasteiger partial charge < -0.3 is 10.6 Å². The fourth-order valence-electron chi connectivity index (χ4n) is 2.02. The van der Waals surface area contributed by atoms with Gasteiger partial charge in [0.15, 0.2) is 0 Å². The van der Waals surface area contributed by atoms with Crippen molar-refractivity contribution < 1.29 is 4.79 Å². The van der Waals surface area contributed by atoms with Crippen molar-refractivity contribution in [3.8, 4) is 0 Å². The Balaban J connectivity index is 3.81. The van der Waals surface area contributed by atoms with Gasteiger partial charge >= 0.3 is 0 Å². The second-order valence-corrected chi connectivity index (χ2v) is 6.02. The molecule has 0 aromatic heterocycles. The second-order valence-electron chi connectivity index (χ2n) is 6.02. The van der Waals surface area contributed by atoms with Crippen molar-refractivity contribution in [2.45, 2.75) is 72.8 Å². The largest absolute Gasteiger partial charge is 0.355 e. The molecular weight excluding hydrogens is 236 g/mol. The summed E-state index contributed by atoms with van der Waals surface area (Å²) in [5.74, 6) is 1.47. The molecule has 2 N–H and O–H groups in total. The number of hydrogen-bond acceptors (Lipinski definition) is 2. The van der Waals surface area contributed by atoms with Gasteiger partial charge in [0.05, 0.1) is 6.04 Å². The molecule has 0 fully saturated rings. The fourth-order valence-corrected chi connectivity index (χ4v) is 2.02. The molecule has 0 heterocycles. The van der Waals surface area contributed by atoms with Gasteiger partial charge in [0.2, 0.25) is 5.91 Å². The van der Waals surface area contributed by atoms with Crippen LogP contribution in [0.2, 0.25) is 0 Å². The van der Waals surface area contributed by atoms with E-state index in [2.05, 4.69) is 38.3 Å². The minimum absolute atomic E-state index is 0.0807. The number of carbonyl (C=O) groups excluding carboxylic acids is 1. The molecule has 0 aliphatic carbocycles. The minimum atomic E-state index is -0.0807. The van der Waals surface area contributed by atoms with Gasteiger partial charge in [-0.05, 0) is 38.1 Å². The second kappa shape index (κ2) is 11.3. The van der Waals surface area contributed by atoms with Gasteiger partial charge in [-0.15, -0.1) is 0 Å². The van der Waals surface area contributed by atoms with E-state index in [0.29, 0.717) is 11.8 Å². The molecule has 0 saturated heterocycles. The summed E-state index contributed by atoms with van der Waals surface area (Å²) < 4.78 is 0. The maximum Gasteiger partial charge on any atom is 0.236 e. The van der Waals surface area contributed by atoms with E-state index in [1.165, 1.54) is 25.7 Å². The smallest absolute Gasteiger partial charge is 0.236 e. The van der Waals surface area contributed by atoms with Crippen LogP contribution in [0.25, 0.3) is 0 Å². The van der Waals surface area contributed by atoms with Gasteiger partial charge in [0.25, 0.3) is 0 Å². The number of amides is 1. The van der Waals surface area contributed by atoms with E-state index in [0.717, 1.165) is 19.5 Å². The lowest BCUT2D eigenvalue weighted by Crippen LogP contribution is -2.44. The Hall–Kier alpha value is -0.570. The molecule has 2 atom stereocenters. The topological polar surface area (TPSA) is 41.1 Å². The van der Waals surface area contributed by atoms with Crippen molar-refractivity contribution >= 4 is 5.91 Å². The molecule has 0 aliphatic rings. The predicted molar refractivity (Wildman–Crippen MR) is 83.2 cm³/mol. The van der Waals surface area contributed by atoms with Crippen LogP contribution in [-0.4, -0.2) is 25.0 Å². The highest BCUT2D eigenvalue weighted by Gasteiger charge is 2.14.